The largest absolute Gasteiger partial charge is 0.373 e. The van der Waals surface area contributed by atoms with Gasteiger partial charge in [-0.2, -0.15) is 0 Å². The van der Waals surface area contributed by atoms with Crippen molar-refractivity contribution >= 4 is 5.91 Å². The molecule has 4 nitrogen and oxygen atoms in total. The van der Waals surface area contributed by atoms with Gasteiger partial charge in [-0.05, 0) is 19.8 Å². The Bertz CT molecular complexity index is 246. The molecule has 4 heteroatoms. The molecule has 2 aliphatic rings. The van der Waals surface area contributed by atoms with E-state index in [9.17, 15) is 4.79 Å². The standard InChI is InChI=1S/C10H17N3O/c1-9(13-7-4-11-8-13)10(14)12-5-2-3-6-12/h4,7,9,11H,2-3,5-6,8H2,1H3. The number of hydrogen-bond acceptors (Lipinski definition) is 3. The fraction of sp³-hybridized carbons (Fsp3) is 0.700. The van der Waals surface area contributed by atoms with E-state index in [1.165, 1.54) is 0 Å². The number of nitrogens with one attached hydrogen (secondary N) is 1. The molecule has 14 heavy (non-hydrogen) atoms. The highest BCUT2D eigenvalue weighted by Crippen LogP contribution is 2.12. The van der Waals surface area contributed by atoms with Crippen LogP contribution in [0.4, 0.5) is 0 Å². The van der Waals surface area contributed by atoms with Gasteiger partial charge in [0, 0.05) is 25.5 Å². The van der Waals surface area contributed by atoms with Crippen LogP contribution >= 0.6 is 0 Å². The lowest BCUT2D eigenvalue weighted by Gasteiger charge is -2.27. The minimum absolute atomic E-state index is 0.0284. The highest BCUT2D eigenvalue weighted by atomic mass is 16.2. The van der Waals surface area contributed by atoms with Gasteiger partial charge < -0.3 is 15.1 Å². The summed E-state index contributed by atoms with van der Waals surface area (Å²) in [6.07, 6.45) is 6.14. The van der Waals surface area contributed by atoms with Gasteiger partial charge in [0.25, 0.3) is 0 Å². The quantitative estimate of drug-likeness (QED) is 0.690. The summed E-state index contributed by atoms with van der Waals surface area (Å²) in [7, 11) is 0. The minimum Gasteiger partial charge on any atom is -0.373 e. The number of likely N-dealkylation sites (tertiary alicyclic amines) is 1. The van der Waals surface area contributed by atoms with Crippen molar-refractivity contribution in [2.24, 2.45) is 0 Å². The second-order valence-corrected chi connectivity index (χ2v) is 3.90. The van der Waals surface area contributed by atoms with Crippen LogP contribution in [-0.2, 0) is 4.79 Å². The van der Waals surface area contributed by atoms with Gasteiger partial charge in [-0.3, -0.25) is 4.79 Å². The molecule has 0 aromatic heterocycles. The molecule has 0 saturated carbocycles. The summed E-state index contributed by atoms with van der Waals surface area (Å²) in [5.74, 6) is 0.260. The molecule has 1 N–H and O–H groups in total. The smallest absolute Gasteiger partial charge is 0.245 e. The Morgan fingerprint density at radius 1 is 1.43 bits per heavy atom. The second-order valence-electron chi connectivity index (χ2n) is 3.90. The fourth-order valence-electron chi connectivity index (χ4n) is 1.97. The van der Waals surface area contributed by atoms with Crippen LogP contribution in [0.1, 0.15) is 19.8 Å². The summed E-state index contributed by atoms with van der Waals surface area (Å²) in [5, 5.41) is 3.07. The number of carbonyl (C=O) groups excluding carboxylic acids is 1. The Hall–Kier alpha value is -1.19. The normalized spacial score (nSPS) is 22.6. The van der Waals surface area contributed by atoms with Crippen molar-refractivity contribution in [2.75, 3.05) is 19.8 Å². The van der Waals surface area contributed by atoms with E-state index in [0.29, 0.717) is 0 Å². The molecular formula is C10H17N3O. The monoisotopic (exact) mass is 195 g/mol. The molecule has 1 unspecified atom stereocenters. The van der Waals surface area contributed by atoms with E-state index < -0.39 is 0 Å². The van der Waals surface area contributed by atoms with Crippen molar-refractivity contribution in [3.8, 4) is 0 Å². The van der Waals surface area contributed by atoms with Gasteiger partial charge in [-0.25, -0.2) is 0 Å². The van der Waals surface area contributed by atoms with Crippen LogP contribution in [0, 0.1) is 0 Å². The topological polar surface area (TPSA) is 35.6 Å². The number of rotatable bonds is 2. The molecule has 1 fully saturated rings. The molecule has 2 heterocycles. The lowest BCUT2D eigenvalue weighted by molar-refractivity contribution is -0.134. The molecule has 0 aliphatic carbocycles. The van der Waals surface area contributed by atoms with Gasteiger partial charge in [-0.15, -0.1) is 0 Å². The first-order valence-electron chi connectivity index (χ1n) is 5.23. The van der Waals surface area contributed by atoms with Crippen LogP contribution < -0.4 is 5.32 Å². The third-order valence-electron chi connectivity index (χ3n) is 2.93. The average Bonchev–Trinajstić information content (AvgIpc) is 2.87. The van der Waals surface area contributed by atoms with Crippen LogP contribution in [0.15, 0.2) is 12.4 Å². The number of hydrogen-bond donors (Lipinski definition) is 1. The second kappa shape index (κ2) is 3.90. The zero-order valence-corrected chi connectivity index (χ0v) is 8.57. The van der Waals surface area contributed by atoms with E-state index >= 15 is 0 Å². The van der Waals surface area contributed by atoms with Crippen molar-refractivity contribution < 1.29 is 4.79 Å². The molecule has 0 spiro atoms. The molecule has 2 aliphatic heterocycles. The van der Waals surface area contributed by atoms with Crippen LogP contribution in [0.25, 0.3) is 0 Å². The molecular weight excluding hydrogens is 178 g/mol. The SMILES string of the molecule is CC(C(=O)N1CCCC1)N1C=CNC1. The van der Waals surface area contributed by atoms with E-state index in [0.717, 1.165) is 32.6 Å². The molecule has 0 radical (unpaired) electrons. The lowest BCUT2D eigenvalue weighted by atomic mass is 10.2. The van der Waals surface area contributed by atoms with E-state index in [1.807, 2.05) is 29.1 Å². The first-order chi connectivity index (χ1) is 6.79. The maximum atomic E-state index is 12.0. The highest BCUT2D eigenvalue weighted by Gasteiger charge is 2.26. The Labute approximate surface area is 84.6 Å². The summed E-state index contributed by atoms with van der Waals surface area (Å²) in [6.45, 7) is 4.60. The lowest BCUT2D eigenvalue weighted by Crippen LogP contribution is -2.44. The molecule has 0 bridgehead atoms. The van der Waals surface area contributed by atoms with Crippen molar-refractivity contribution in [1.82, 2.24) is 15.1 Å². The molecule has 0 aromatic rings. The van der Waals surface area contributed by atoms with Crippen molar-refractivity contribution in [3.05, 3.63) is 12.4 Å². The summed E-state index contributed by atoms with van der Waals surface area (Å²) >= 11 is 0. The molecule has 1 amide bonds. The third kappa shape index (κ3) is 1.69. The zero-order valence-electron chi connectivity index (χ0n) is 8.57. The summed E-state index contributed by atoms with van der Waals surface area (Å²) in [5.41, 5.74) is 0. The van der Waals surface area contributed by atoms with Crippen LogP contribution in [0.5, 0.6) is 0 Å². The zero-order chi connectivity index (χ0) is 9.97. The molecule has 1 saturated heterocycles. The van der Waals surface area contributed by atoms with Gasteiger partial charge >= 0.3 is 0 Å². The summed E-state index contributed by atoms with van der Waals surface area (Å²) in [6, 6.07) is -0.0284. The fourth-order valence-corrected chi connectivity index (χ4v) is 1.97. The maximum absolute atomic E-state index is 12.0. The van der Waals surface area contributed by atoms with Crippen LogP contribution in [-0.4, -0.2) is 41.5 Å². The van der Waals surface area contributed by atoms with Crippen molar-refractivity contribution in [1.29, 1.82) is 0 Å². The molecule has 2 rings (SSSR count). The maximum Gasteiger partial charge on any atom is 0.245 e. The van der Waals surface area contributed by atoms with Crippen LogP contribution in [0.2, 0.25) is 0 Å². The summed E-state index contributed by atoms with van der Waals surface area (Å²) < 4.78 is 0. The van der Waals surface area contributed by atoms with E-state index in [2.05, 4.69) is 5.32 Å². The molecule has 1 atom stereocenters. The third-order valence-corrected chi connectivity index (χ3v) is 2.93. The van der Waals surface area contributed by atoms with Crippen molar-refractivity contribution in [2.45, 2.75) is 25.8 Å². The Morgan fingerprint density at radius 3 is 2.71 bits per heavy atom. The van der Waals surface area contributed by atoms with E-state index in [-0.39, 0.29) is 11.9 Å². The number of nitrogens with zero attached hydrogens (tertiary/aromatic N) is 2. The van der Waals surface area contributed by atoms with Gasteiger partial charge in [0.05, 0.1) is 6.67 Å². The van der Waals surface area contributed by atoms with Gasteiger partial charge in [0.15, 0.2) is 0 Å². The number of carbonyl (C=O) groups is 1. The van der Waals surface area contributed by atoms with E-state index in [1.54, 1.807) is 0 Å². The Morgan fingerprint density at radius 2 is 2.14 bits per heavy atom. The Kier molecular flexibility index (Phi) is 2.61. The van der Waals surface area contributed by atoms with Gasteiger partial charge in [0.1, 0.15) is 6.04 Å². The molecule has 78 valence electrons. The Balaban J connectivity index is 1.92. The van der Waals surface area contributed by atoms with E-state index in [4.69, 9.17) is 0 Å². The van der Waals surface area contributed by atoms with Gasteiger partial charge in [-0.1, -0.05) is 0 Å². The van der Waals surface area contributed by atoms with Crippen LogP contribution in [0.3, 0.4) is 0 Å². The first-order valence-corrected chi connectivity index (χ1v) is 5.23. The highest BCUT2D eigenvalue weighted by molar-refractivity contribution is 5.81. The average molecular weight is 195 g/mol. The van der Waals surface area contributed by atoms with Crippen molar-refractivity contribution in [3.63, 3.8) is 0 Å². The predicted molar refractivity (Wildman–Crippen MR) is 54.3 cm³/mol. The minimum atomic E-state index is -0.0284. The first kappa shape index (κ1) is 9.37. The predicted octanol–water partition coefficient (Wildman–Crippen LogP) is 0.331. The van der Waals surface area contributed by atoms with Gasteiger partial charge in [0.2, 0.25) is 5.91 Å². The summed E-state index contributed by atoms with van der Waals surface area (Å²) in [4.78, 5) is 16.0. The molecule has 0 aromatic carbocycles. The number of amides is 1.